The fourth-order valence-corrected chi connectivity index (χ4v) is 8.36. The summed E-state index contributed by atoms with van der Waals surface area (Å²) in [5, 5.41) is 0. The first-order chi connectivity index (χ1) is 25.9. The SMILES string of the molecule is C#Cc1cc2c(s1)C(c1ccccc1)=NC(C)c1c(C(=O)OCOCOC(=O)c3ncn4c3C(C)N=C(c3ccccc3)c3sc(C#C)cc3-4)ncn1-2. The molecule has 260 valence electrons. The van der Waals surface area contributed by atoms with Gasteiger partial charge >= 0.3 is 11.9 Å². The molecule has 0 aliphatic carbocycles. The highest BCUT2D eigenvalue weighted by Gasteiger charge is 2.32. The molecule has 2 aliphatic heterocycles. The van der Waals surface area contributed by atoms with E-state index in [1.807, 2.05) is 95.8 Å². The molecule has 2 unspecified atom stereocenters. The number of fused-ring (bicyclic) bond motifs is 6. The molecule has 2 aromatic carbocycles. The molecule has 0 amide bonds. The van der Waals surface area contributed by atoms with Crippen molar-refractivity contribution in [2.24, 2.45) is 9.98 Å². The van der Waals surface area contributed by atoms with Crippen LogP contribution in [0.3, 0.4) is 0 Å². The van der Waals surface area contributed by atoms with Crippen molar-refractivity contribution < 1.29 is 23.8 Å². The maximum Gasteiger partial charge on any atom is 0.361 e. The Morgan fingerprint density at radius 3 is 1.51 bits per heavy atom. The monoisotopic (exact) mass is 736 g/mol. The molecule has 0 N–H and O–H groups in total. The zero-order valence-corrected chi connectivity index (χ0v) is 30.0. The molecule has 0 saturated heterocycles. The van der Waals surface area contributed by atoms with E-state index in [-0.39, 0.29) is 11.4 Å². The van der Waals surface area contributed by atoms with Crippen LogP contribution < -0.4 is 0 Å². The van der Waals surface area contributed by atoms with Crippen molar-refractivity contribution in [3.05, 3.63) is 139 Å². The molecule has 0 bridgehead atoms. The first kappa shape index (κ1) is 33.7. The number of hydrogen-bond donors (Lipinski definition) is 0. The number of nitrogens with zero attached hydrogens (tertiary/aromatic N) is 6. The topological polar surface area (TPSA) is 122 Å². The fraction of sp³-hybridized carbons (Fsp3) is 0.150. The second-order valence-electron chi connectivity index (χ2n) is 12.0. The second kappa shape index (κ2) is 14.0. The molecule has 13 heteroatoms. The molecule has 0 spiro atoms. The van der Waals surface area contributed by atoms with Gasteiger partial charge in [0.15, 0.2) is 25.0 Å². The Labute approximate surface area is 312 Å². The summed E-state index contributed by atoms with van der Waals surface area (Å²) in [6, 6.07) is 22.5. The molecule has 6 heterocycles. The van der Waals surface area contributed by atoms with Gasteiger partial charge in [-0.15, -0.1) is 35.5 Å². The van der Waals surface area contributed by atoms with E-state index >= 15 is 0 Å². The number of esters is 2. The van der Waals surface area contributed by atoms with Crippen LogP contribution in [0.5, 0.6) is 0 Å². The molecule has 6 aromatic rings. The van der Waals surface area contributed by atoms with E-state index in [1.54, 1.807) is 12.7 Å². The highest BCUT2D eigenvalue weighted by atomic mass is 32.1. The number of rotatable bonds is 8. The van der Waals surface area contributed by atoms with E-state index in [9.17, 15) is 9.59 Å². The van der Waals surface area contributed by atoms with E-state index < -0.39 is 37.6 Å². The third kappa shape index (κ3) is 6.07. The Morgan fingerprint density at radius 2 is 1.11 bits per heavy atom. The Bertz CT molecular complexity index is 2370. The van der Waals surface area contributed by atoms with Gasteiger partial charge in [0.2, 0.25) is 0 Å². The molecule has 4 aromatic heterocycles. The smallest absolute Gasteiger partial charge is 0.361 e. The number of imidazole rings is 2. The van der Waals surface area contributed by atoms with Gasteiger partial charge in [-0.1, -0.05) is 72.5 Å². The van der Waals surface area contributed by atoms with Crippen LogP contribution in [0, 0.1) is 24.7 Å². The Kier molecular flexibility index (Phi) is 8.90. The lowest BCUT2D eigenvalue weighted by atomic mass is 10.1. The van der Waals surface area contributed by atoms with Gasteiger partial charge in [0.1, 0.15) is 12.7 Å². The lowest BCUT2D eigenvalue weighted by Gasteiger charge is -2.12. The maximum absolute atomic E-state index is 13.3. The minimum absolute atomic E-state index is 0.0847. The number of benzene rings is 2. The number of thiophene rings is 2. The van der Waals surface area contributed by atoms with E-state index in [0.717, 1.165) is 53.4 Å². The molecule has 8 rings (SSSR count). The summed E-state index contributed by atoms with van der Waals surface area (Å²) in [6.07, 6.45) is 14.7. The predicted octanol–water partition coefficient (Wildman–Crippen LogP) is 6.91. The van der Waals surface area contributed by atoms with Crippen LogP contribution in [0.4, 0.5) is 0 Å². The standard InChI is InChI=1S/C40H28N6O5S2/c1-5-27-17-29-37(52-27)31(25-13-9-7-10-14-25)43-23(3)35-33(41-19-45(29)35)39(47)50-21-49-22-51-40(48)34-36-24(4)44-32(26-15-11-8-12-16-26)38-30(46(36)20-42-34)18-28(6-2)53-38/h1-2,7-20,23-24H,21-22H2,3-4H3. The van der Waals surface area contributed by atoms with Crippen molar-refractivity contribution in [2.75, 3.05) is 13.6 Å². The molecule has 2 atom stereocenters. The molecule has 0 radical (unpaired) electrons. The van der Waals surface area contributed by atoms with Crippen molar-refractivity contribution >= 4 is 46.0 Å². The quantitative estimate of drug-likeness (QED) is 0.0721. The zero-order chi connectivity index (χ0) is 36.6. The van der Waals surface area contributed by atoms with Gasteiger partial charge in [0.25, 0.3) is 0 Å². The Balaban J connectivity index is 0.959. The van der Waals surface area contributed by atoms with Crippen LogP contribution in [-0.4, -0.2) is 56.1 Å². The second-order valence-corrected chi connectivity index (χ2v) is 14.1. The summed E-state index contributed by atoms with van der Waals surface area (Å²) in [7, 11) is 0. The summed E-state index contributed by atoms with van der Waals surface area (Å²) >= 11 is 2.90. The van der Waals surface area contributed by atoms with Gasteiger partial charge in [-0.25, -0.2) is 19.6 Å². The molecule has 53 heavy (non-hydrogen) atoms. The number of ether oxygens (including phenoxy) is 3. The highest BCUT2D eigenvalue weighted by Crippen LogP contribution is 2.38. The van der Waals surface area contributed by atoms with Gasteiger partial charge in [0, 0.05) is 11.1 Å². The van der Waals surface area contributed by atoms with E-state index in [4.69, 9.17) is 37.0 Å². The molecular weight excluding hydrogens is 709 g/mol. The van der Waals surface area contributed by atoms with Gasteiger partial charge in [-0.05, 0) is 26.0 Å². The van der Waals surface area contributed by atoms with E-state index in [2.05, 4.69) is 21.8 Å². The Morgan fingerprint density at radius 1 is 0.698 bits per heavy atom. The highest BCUT2D eigenvalue weighted by molar-refractivity contribution is 7.15. The molecule has 0 saturated carbocycles. The van der Waals surface area contributed by atoms with Crippen LogP contribution in [0.2, 0.25) is 0 Å². The summed E-state index contributed by atoms with van der Waals surface area (Å²) in [5.41, 5.74) is 6.22. The van der Waals surface area contributed by atoms with Crippen LogP contribution in [0.1, 0.15) is 88.9 Å². The van der Waals surface area contributed by atoms with Gasteiger partial charge in [0.05, 0.1) is 65.8 Å². The minimum atomic E-state index is -0.720. The summed E-state index contributed by atoms with van der Waals surface area (Å²) in [6.45, 7) is 2.79. The number of aliphatic imine (C=N–C) groups is 2. The van der Waals surface area contributed by atoms with Crippen LogP contribution in [0.15, 0.2) is 95.4 Å². The fourth-order valence-electron chi connectivity index (χ4n) is 6.41. The maximum atomic E-state index is 13.3. The van der Waals surface area contributed by atoms with E-state index in [0.29, 0.717) is 11.4 Å². The number of terminal acetylenes is 2. The Hall–Kier alpha value is -6.38. The number of carbonyl (C=O) groups is 2. The average molecular weight is 737 g/mol. The molecular formula is C40H28N6O5S2. The summed E-state index contributed by atoms with van der Waals surface area (Å²) in [5.74, 6) is 3.98. The van der Waals surface area contributed by atoms with Crippen LogP contribution in [-0.2, 0) is 14.2 Å². The van der Waals surface area contributed by atoms with Gasteiger partial charge < -0.3 is 14.2 Å². The zero-order valence-electron chi connectivity index (χ0n) is 28.3. The van der Waals surface area contributed by atoms with Crippen LogP contribution in [0.25, 0.3) is 11.4 Å². The number of aromatic nitrogens is 4. The minimum Gasteiger partial charge on any atom is -0.434 e. The number of carbonyl (C=O) groups excluding carboxylic acids is 2. The molecule has 11 nitrogen and oxygen atoms in total. The molecule has 2 aliphatic rings. The number of hydrogen-bond acceptors (Lipinski definition) is 11. The van der Waals surface area contributed by atoms with Gasteiger partial charge in [-0.3, -0.25) is 19.1 Å². The third-order valence-electron chi connectivity index (χ3n) is 8.73. The largest absolute Gasteiger partial charge is 0.434 e. The average Bonchev–Trinajstić information content (AvgIpc) is 3.98. The van der Waals surface area contributed by atoms with Crippen molar-refractivity contribution in [3.63, 3.8) is 0 Å². The van der Waals surface area contributed by atoms with Crippen molar-refractivity contribution in [3.8, 4) is 36.1 Å². The van der Waals surface area contributed by atoms with Crippen molar-refractivity contribution in [2.45, 2.75) is 25.9 Å². The van der Waals surface area contributed by atoms with E-state index in [1.165, 1.54) is 22.7 Å². The summed E-state index contributed by atoms with van der Waals surface area (Å²) in [4.78, 5) is 48.6. The van der Waals surface area contributed by atoms with Crippen molar-refractivity contribution in [1.29, 1.82) is 0 Å². The first-order valence-electron chi connectivity index (χ1n) is 16.4. The summed E-state index contributed by atoms with van der Waals surface area (Å²) < 4.78 is 19.9. The predicted molar refractivity (Wildman–Crippen MR) is 201 cm³/mol. The lowest BCUT2D eigenvalue weighted by molar-refractivity contribution is -0.0935. The normalized spacial score (nSPS) is 15.5. The lowest BCUT2D eigenvalue weighted by Crippen LogP contribution is -2.16. The molecule has 0 fully saturated rings. The van der Waals surface area contributed by atoms with Crippen molar-refractivity contribution in [1.82, 2.24) is 19.1 Å². The third-order valence-corrected chi connectivity index (χ3v) is 10.9. The van der Waals surface area contributed by atoms with Crippen LogP contribution >= 0.6 is 22.7 Å². The van der Waals surface area contributed by atoms with Gasteiger partial charge in [-0.2, -0.15) is 0 Å². The first-order valence-corrected chi connectivity index (χ1v) is 18.0.